The van der Waals surface area contributed by atoms with E-state index in [0.717, 1.165) is 18.4 Å². The molecule has 0 amide bonds. The summed E-state index contributed by atoms with van der Waals surface area (Å²) in [4.78, 5) is 12.0. The third kappa shape index (κ3) is 13.3. The molecule has 152 valence electrons. The first-order chi connectivity index (χ1) is 13.2. The van der Waals surface area contributed by atoms with Crippen molar-refractivity contribution in [2.24, 2.45) is 0 Å². The van der Waals surface area contributed by atoms with Gasteiger partial charge in [0.2, 0.25) is 0 Å². The van der Waals surface area contributed by atoms with E-state index in [1.54, 1.807) is 0 Å². The standard InChI is InChI=1S/C25H40O2/c1-3-4-5-6-7-8-9-10-11-12-13-14-18-21-27-25(26)23(2)22-24-19-16-15-17-20-24/h15-17,19-20,22H,3-14,18,21H2,1-2H3. The highest BCUT2D eigenvalue weighted by Crippen LogP contribution is 2.13. The molecule has 1 aromatic rings. The smallest absolute Gasteiger partial charge is 0.333 e. The van der Waals surface area contributed by atoms with E-state index >= 15 is 0 Å². The Morgan fingerprint density at radius 2 is 1.26 bits per heavy atom. The van der Waals surface area contributed by atoms with Crippen molar-refractivity contribution >= 4 is 12.0 Å². The Balaban J connectivity index is 1.91. The predicted molar refractivity (Wildman–Crippen MR) is 117 cm³/mol. The van der Waals surface area contributed by atoms with E-state index in [9.17, 15) is 4.79 Å². The fourth-order valence-corrected chi connectivity index (χ4v) is 3.26. The topological polar surface area (TPSA) is 26.3 Å². The number of hydrogen-bond acceptors (Lipinski definition) is 2. The van der Waals surface area contributed by atoms with Crippen LogP contribution in [0, 0.1) is 0 Å². The third-order valence-electron chi connectivity index (χ3n) is 4.99. The molecule has 0 N–H and O–H groups in total. The molecule has 1 aromatic carbocycles. The summed E-state index contributed by atoms with van der Waals surface area (Å²) in [6.45, 7) is 4.63. The molecule has 0 fully saturated rings. The zero-order valence-electron chi connectivity index (χ0n) is 17.7. The zero-order valence-corrected chi connectivity index (χ0v) is 17.7. The first-order valence-electron chi connectivity index (χ1n) is 11.1. The second-order valence-corrected chi connectivity index (χ2v) is 7.62. The Morgan fingerprint density at radius 1 is 0.778 bits per heavy atom. The summed E-state index contributed by atoms with van der Waals surface area (Å²) < 4.78 is 5.37. The van der Waals surface area contributed by atoms with Crippen LogP contribution in [0.1, 0.15) is 103 Å². The van der Waals surface area contributed by atoms with Gasteiger partial charge in [-0.2, -0.15) is 0 Å². The summed E-state index contributed by atoms with van der Waals surface area (Å²) in [5.74, 6) is -0.196. The van der Waals surface area contributed by atoms with Crippen molar-refractivity contribution in [1.29, 1.82) is 0 Å². The minimum Gasteiger partial charge on any atom is -0.462 e. The Kier molecular flexibility index (Phi) is 14.4. The van der Waals surface area contributed by atoms with Crippen LogP contribution in [0.4, 0.5) is 0 Å². The van der Waals surface area contributed by atoms with Crippen LogP contribution in [0.15, 0.2) is 35.9 Å². The van der Waals surface area contributed by atoms with Crippen LogP contribution in [-0.2, 0) is 9.53 Å². The number of carbonyl (C=O) groups excluding carboxylic acids is 1. The van der Waals surface area contributed by atoms with Gasteiger partial charge in [-0.3, -0.25) is 0 Å². The van der Waals surface area contributed by atoms with E-state index in [0.29, 0.717) is 12.2 Å². The molecule has 0 spiro atoms. The molecule has 0 bridgehead atoms. The quantitative estimate of drug-likeness (QED) is 0.169. The van der Waals surface area contributed by atoms with Gasteiger partial charge in [-0.05, 0) is 25.0 Å². The highest BCUT2D eigenvalue weighted by Gasteiger charge is 2.05. The maximum atomic E-state index is 12.0. The summed E-state index contributed by atoms with van der Waals surface area (Å²) >= 11 is 0. The molecular weight excluding hydrogens is 332 g/mol. The number of esters is 1. The van der Waals surface area contributed by atoms with E-state index in [2.05, 4.69) is 6.92 Å². The van der Waals surface area contributed by atoms with Gasteiger partial charge < -0.3 is 4.74 Å². The predicted octanol–water partition coefficient (Wildman–Crippen LogP) is 7.72. The molecule has 0 heterocycles. The third-order valence-corrected chi connectivity index (χ3v) is 4.99. The summed E-state index contributed by atoms with van der Waals surface area (Å²) in [6.07, 6.45) is 19.1. The molecule has 2 nitrogen and oxygen atoms in total. The van der Waals surface area contributed by atoms with Crippen LogP contribution >= 0.6 is 0 Å². The maximum Gasteiger partial charge on any atom is 0.333 e. The van der Waals surface area contributed by atoms with E-state index in [-0.39, 0.29) is 5.97 Å². The minimum atomic E-state index is -0.196. The molecule has 27 heavy (non-hydrogen) atoms. The van der Waals surface area contributed by atoms with Crippen LogP contribution in [-0.4, -0.2) is 12.6 Å². The molecule has 0 aliphatic rings. The average Bonchev–Trinajstić information content (AvgIpc) is 2.68. The normalized spacial score (nSPS) is 11.6. The number of benzene rings is 1. The number of hydrogen-bond donors (Lipinski definition) is 0. The van der Waals surface area contributed by atoms with Gasteiger partial charge in [0.25, 0.3) is 0 Å². The van der Waals surface area contributed by atoms with Crippen LogP contribution in [0.5, 0.6) is 0 Å². The van der Waals surface area contributed by atoms with Crippen molar-refractivity contribution < 1.29 is 9.53 Å². The minimum absolute atomic E-state index is 0.196. The van der Waals surface area contributed by atoms with Crippen molar-refractivity contribution in [3.63, 3.8) is 0 Å². The lowest BCUT2D eigenvalue weighted by atomic mass is 10.0. The van der Waals surface area contributed by atoms with Crippen LogP contribution in [0.2, 0.25) is 0 Å². The molecule has 0 aliphatic carbocycles. The SMILES string of the molecule is CCCCCCCCCCCCCCCOC(=O)C(C)=Cc1ccccc1. The molecule has 0 unspecified atom stereocenters. The van der Waals surface area contributed by atoms with E-state index < -0.39 is 0 Å². The molecule has 2 heteroatoms. The van der Waals surface area contributed by atoms with Gasteiger partial charge in [0.15, 0.2) is 0 Å². The summed E-state index contributed by atoms with van der Waals surface area (Å²) in [5, 5.41) is 0. The van der Waals surface area contributed by atoms with Gasteiger partial charge in [0.05, 0.1) is 6.61 Å². The largest absolute Gasteiger partial charge is 0.462 e. The first kappa shape index (κ1) is 23.5. The van der Waals surface area contributed by atoms with Crippen molar-refractivity contribution in [3.8, 4) is 0 Å². The first-order valence-corrected chi connectivity index (χ1v) is 11.1. The van der Waals surface area contributed by atoms with E-state index in [4.69, 9.17) is 4.74 Å². The fourth-order valence-electron chi connectivity index (χ4n) is 3.26. The molecular formula is C25H40O2. The Morgan fingerprint density at radius 3 is 1.78 bits per heavy atom. The van der Waals surface area contributed by atoms with E-state index in [1.165, 1.54) is 70.6 Å². The Bertz CT molecular complexity index is 504. The molecule has 0 atom stereocenters. The van der Waals surface area contributed by atoms with Crippen molar-refractivity contribution in [2.45, 2.75) is 97.3 Å². The van der Waals surface area contributed by atoms with Crippen molar-refractivity contribution in [2.75, 3.05) is 6.61 Å². The monoisotopic (exact) mass is 372 g/mol. The summed E-state index contributed by atoms with van der Waals surface area (Å²) in [5.41, 5.74) is 1.70. The zero-order chi connectivity index (χ0) is 19.6. The molecule has 0 aromatic heterocycles. The lowest BCUT2D eigenvalue weighted by Gasteiger charge is -2.06. The van der Waals surface area contributed by atoms with Crippen LogP contribution < -0.4 is 0 Å². The Hall–Kier alpha value is -1.57. The number of rotatable bonds is 16. The molecule has 0 aliphatic heterocycles. The van der Waals surface area contributed by atoms with Crippen LogP contribution in [0.25, 0.3) is 6.08 Å². The maximum absolute atomic E-state index is 12.0. The van der Waals surface area contributed by atoms with Gasteiger partial charge in [-0.1, -0.05) is 114 Å². The van der Waals surface area contributed by atoms with E-state index in [1.807, 2.05) is 43.3 Å². The number of carbonyl (C=O) groups is 1. The highest BCUT2D eigenvalue weighted by atomic mass is 16.5. The van der Waals surface area contributed by atoms with Crippen molar-refractivity contribution in [3.05, 3.63) is 41.5 Å². The average molecular weight is 373 g/mol. The van der Waals surface area contributed by atoms with Gasteiger partial charge in [-0.15, -0.1) is 0 Å². The summed E-state index contributed by atoms with van der Waals surface area (Å²) in [7, 11) is 0. The number of ether oxygens (including phenoxy) is 1. The van der Waals surface area contributed by atoms with Gasteiger partial charge >= 0.3 is 5.97 Å². The lowest BCUT2D eigenvalue weighted by Crippen LogP contribution is -2.07. The molecule has 0 saturated heterocycles. The van der Waals surface area contributed by atoms with Gasteiger partial charge in [-0.25, -0.2) is 4.79 Å². The molecule has 0 radical (unpaired) electrons. The second kappa shape index (κ2) is 16.6. The summed E-state index contributed by atoms with van der Waals surface area (Å²) in [6, 6.07) is 9.89. The second-order valence-electron chi connectivity index (χ2n) is 7.62. The lowest BCUT2D eigenvalue weighted by molar-refractivity contribution is -0.139. The Labute approximate surface area is 167 Å². The number of unbranched alkanes of at least 4 members (excludes halogenated alkanes) is 12. The van der Waals surface area contributed by atoms with Crippen LogP contribution in [0.3, 0.4) is 0 Å². The molecule has 1 rings (SSSR count). The highest BCUT2D eigenvalue weighted by molar-refractivity contribution is 5.92. The van der Waals surface area contributed by atoms with Crippen molar-refractivity contribution in [1.82, 2.24) is 0 Å². The van der Waals surface area contributed by atoms with Gasteiger partial charge in [0.1, 0.15) is 0 Å². The van der Waals surface area contributed by atoms with Gasteiger partial charge in [0, 0.05) is 5.57 Å². The molecule has 0 saturated carbocycles. The fraction of sp³-hybridized carbons (Fsp3) is 0.640.